The Kier molecular flexibility index (Phi) is 4.09. The van der Waals surface area contributed by atoms with Gasteiger partial charge in [-0.05, 0) is 23.3 Å². The Morgan fingerprint density at radius 2 is 1.05 bits per heavy atom. The minimum absolute atomic E-state index is 0.0770. The number of benzene rings is 2. The zero-order valence-corrected chi connectivity index (χ0v) is 10.1. The van der Waals surface area contributed by atoms with Crippen LogP contribution in [0.2, 0.25) is 0 Å². The highest BCUT2D eigenvalue weighted by Crippen LogP contribution is 2.28. The first-order valence-corrected chi connectivity index (χ1v) is 5.59. The van der Waals surface area contributed by atoms with Gasteiger partial charge in [0.05, 0.1) is 11.1 Å². The van der Waals surface area contributed by atoms with Crippen molar-refractivity contribution in [3.63, 3.8) is 0 Å². The Bertz CT molecular complexity index is 592. The third-order valence-corrected chi connectivity index (χ3v) is 2.75. The van der Waals surface area contributed by atoms with Crippen molar-refractivity contribution in [2.45, 2.75) is 0 Å². The molecule has 0 fully saturated rings. The average molecular weight is 274 g/mol. The molecule has 102 valence electrons. The molecule has 6 nitrogen and oxygen atoms in total. The van der Waals surface area contributed by atoms with Gasteiger partial charge >= 0.3 is 11.9 Å². The first kappa shape index (κ1) is 13.7. The number of carbonyl (C=O) groups excluding carboxylic acids is 2. The normalized spacial score (nSPS) is 9.90. The van der Waals surface area contributed by atoms with E-state index >= 15 is 0 Å². The van der Waals surface area contributed by atoms with E-state index in [0.717, 1.165) is 0 Å². The zero-order valence-electron chi connectivity index (χ0n) is 10.1. The first-order chi connectivity index (χ1) is 9.69. The fourth-order valence-electron chi connectivity index (χ4n) is 1.89. The van der Waals surface area contributed by atoms with E-state index in [9.17, 15) is 9.59 Å². The van der Waals surface area contributed by atoms with Crippen molar-refractivity contribution < 1.29 is 29.9 Å². The molecular formula is C14H10O6. The van der Waals surface area contributed by atoms with Gasteiger partial charge < -0.3 is 0 Å². The molecule has 0 saturated carbocycles. The molecule has 2 rings (SSSR count). The third kappa shape index (κ3) is 2.51. The van der Waals surface area contributed by atoms with Crippen LogP contribution in [0.25, 0.3) is 11.1 Å². The molecule has 0 aliphatic heterocycles. The molecule has 0 spiro atoms. The standard InChI is InChI=1S/C14H10O6/c15-13(19-17)11-7-3-1-5-9(11)10-6-2-4-8-12(10)14(16)20-18/h1-8,17-18H. The summed E-state index contributed by atoms with van der Waals surface area (Å²) in [4.78, 5) is 30.5. The van der Waals surface area contributed by atoms with Crippen LogP contribution in [0.3, 0.4) is 0 Å². The van der Waals surface area contributed by atoms with E-state index in [2.05, 4.69) is 9.78 Å². The van der Waals surface area contributed by atoms with Crippen molar-refractivity contribution in [1.82, 2.24) is 0 Å². The van der Waals surface area contributed by atoms with Crippen LogP contribution in [0, 0.1) is 0 Å². The summed E-state index contributed by atoms with van der Waals surface area (Å²) in [6, 6.07) is 12.5. The smallest absolute Gasteiger partial charge is 0.295 e. The maximum absolute atomic E-state index is 11.5. The predicted octanol–water partition coefficient (Wildman–Crippen LogP) is 2.61. The fraction of sp³-hybridized carbons (Fsp3) is 0. The molecule has 2 aromatic rings. The van der Waals surface area contributed by atoms with Gasteiger partial charge in [0.1, 0.15) is 0 Å². The van der Waals surface area contributed by atoms with Gasteiger partial charge in [0.2, 0.25) is 0 Å². The molecule has 20 heavy (non-hydrogen) atoms. The Balaban J connectivity index is 2.64. The van der Waals surface area contributed by atoms with E-state index in [-0.39, 0.29) is 11.1 Å². The van der Waals surface area contributed by atoms with E-state index in [1.54, 1.807) is 36.4 Å². The first-order valence-electron chi connectivity index (χ1n) is 5.59. The SMILES string of the molecule is O=C(OO)c1ccccc1-c1ccccc1C(=O)OO. The molecule has 0 atom stereocenters. The molecule has 2 N–H and O–H groups in total. The highest BCUT2D eigenvalue weighted by atomic mass is 17.1. The highest BCUT2D eigenvalue weighted by Gasteiger charge is 2.19. The lowest BCUT2D eigenvalue weighted by molar-refractivity contribution is -0.183. The largest absolute Gasteiger partial charge is 0.373 e. The van der Waals surface area contributed by atoms with Gasteiger partial charge in [-0.1, -0.05) is 36.4 Å². The van der Waals surface area contributed by atoms with Crippen LogP contribution in [-0.2, 0) is 9.78 Å². The van der Waals surface area contributed by atoms with Crippen LogP contribution in [0.5, 0.6) is 0 Å². The van der Waals surface area contributed by atoms with Crippen molar-refractivity contribution in [3.05, 3.63) is 59.7 Å². The summed E-state index contributed by atoms with van der Waals surface area (Å²) in [5.41, 5.74) is 0.890. The Hall–Kier alpha value is -2.70. The molecule has 0 aliphatic carbocycles. The van der Waals surface area contributed by atoms with Crippen molar-refractivity contribution in [3.8, 4) is 11.1 Å². The molecule has 0 amide bonds. The van der Waals surface area contributed by atoms with Gasteiger partial charge in [0.25, 0.3) is 0 Å². The summed E-state index contributed by atoms with van der Waals surface area (Å²) in [6.45, 7) is 0. The second kappa shape index (κ2) is 5.96. The van der Waals surface area contributed by atoms with Crippen LogP contribution < -0.4 is 0 Å². The van der Waals surface area contributed by atoms with E-state index in [4.69, 9.17) is 10.5 Å². The van der Waals surface area contributed by atoms with Crippen molar-refractivity contribution in [2.24, 2.45) is 0 Å². The molecule has 0 heterocycles. The molecule has 0 bridgehead atoms. The van der Waals surface area contributed by atoms with E-state index in [0.29, 0.717) is 11.1 Å². The van der Waals surface area contributed by atoms with Gasteiger partial charge in [0.15, 0.2) is 0 Å². The van der Waals surface area contributed by atoms with Crippen molar-refractivity contribution in [1.29, 1.82) is 0 Å². The highest BCUT2D eigenvalue weighted by molar-refractivity contribution is 6.02. The topological polar surface area (TPSA) is 93.1 Å². The molecule has 6 heteroatoms. The minimum Gasteiger partial charge on any atom is -0.295 e. The van der Waals surface area contributed by atoms with E-state index in [1.165, 1.54) is 12.1 Å². The van der Waals surface area contributed by atoms with Crippen LogP contribution in [0.1, 0.15) is 20.7 Å². The van der Waals surface area contributed by atoms with Gasteiger partial charge in [-0.15, -0.1) is 0 Å². The van der Waals surface area contributed by atoms with Gasteiger partial charge in [-0.25, -0.2) is 9.59 Å². The van der Waals surface area contributed by atoms with Crippen molar-refractivity contribution >= 4 is 11.9 Å². The lowest BCUT2D eigenvalue weighted by Gasteiger charge is -2.10. The van der Waals surface area contributed by atoms with E-state index in [1.807, 2.05) is 0 Å². The number of hydrogen-bond acceptors (Lipinski definition) is 6. The molecule has 0 unspecified atom stereocenters. The zero-order chi connectivity index (χ0) is 14.5. The quantitative estimate of drug-likeness (QED) is 0.660. The predicted molar refractivity (Wildman–Crippen MR) is 68.0 cm³/mol. The number of rotatable bonds is 3. The monoisotopic (exact) mass is 274 g/mol. The summed E-state index contributed by atoms with van der Waals surface area (Å²) < 4.78 is 0. The maximum atomic E-state index is 11.5. The second-order valence-electron chi connectivity index (χ2n) is 3.85. The molecule has 0 aliphatic rings. The van der Waals surface area contributed by atoms with Crippen LogP contribution >= 0.6 is 0 Å². The summed E-state index contributed by atoms with van der Waals surface area (Å²) in [7, 11) is 0. The molecule has 0 aromatic heterocycles. The molecule has 2 aromatic carbocycles. The fourth-order valence-corrected chi connectivity index (χ4v) is 1.89. The molecule has 0 radical (unpaired) electrons. The van der Waals surface area contributed by atoms with Crippen LogP contribution in [0.4, 0.5) is 0 Å². The summed E-state index contributed by atoms with van der Waals surface area (Å²) in [5.74, 6) is -1.90. The third-order valence-electron chi connectivity index (χ3n) is 2.75. The van der Waals surface area contributed by atoms with Crippen LogP contribution in [0.15, 0.2) is 48.5 Å². The van der Waals surface area contributed by atoms with Gasteiger partial charge in [-0.3, -0.25) is 9.78 Å². The Morgan fingerprint density at radius 3 is 1.40 bits per heavy atom. The Morgan fingerprint density at radius 1 is 0.700 bits per heavy atom. The van der Waals surface area contributed by atoms with E-state index < -0.39 is 11.9 Å². The maximum Gasteiger partial charge on any atom is 0.373 e. The lowest BCUT2D eigenvalue weighted by Crippen LogP contribution is -2.07. The van der Waals surface area contributed by atoms with Crippen molar-refractivity contribution in [2.75, 3.05) is 0 Å². The minimum atomic E-state index is -0.951. The molecule has 0 saturated heterocycles. The second-order valence-corrected chi connectivity index (χ2v) is 3.85. The number of hydrogen-bond donors (Lipinski definition) is 2. The van der Waals surface area contributed by atoms with Gasteiger partial charge in [-0.2, -0.15) is 10.5 Å². The summed E-state index contributed by atoms with van der Waals surface area (Å²) in [6.07, 6.45) is 0. The van der Waals surface area contributed by atoms with Crippen LogP contribution in [-0.4, -0.2) is 22.5 Å². The lowest BCUT2D eigenvalue weighted by atomic mass is 9.95. The average Bonchev–Trinajstić information content (AvgIpc) is 2.53. The summed E-state index contributed by atoms with van der Waals surface area (Å²) in [5, 5.41) is 17.0. The van der Waals surface area contributed by atoms with Gasteiger partial charge in [0, 0.05) is 0 Å². The summed E-state index contributed by atoms with van der Waals surface area (Å²) >= 11 is 0. The molecular weight excluding hydrogens is 264 g/mol. The number of carbonyl (C=O) groups is 2. The Labute approximate surface area is 113 Å².